The monoisotopic (exact) mass is 441 g/mol. The predicted molar refractivity (Wildman–Crippen MR) is 133 cm³/mol. The van der Waals surface area contributed by atoms with E-state index in [2.05, 4.69) is 41.9 Å². The summed E-state index contributed by atoms with van der Waals surface area (Å²) in [5, 5.41) is 3.02. The van der Waals surface area contributed by atoms with Crippen molar-refractivity contribution in [3.05, 3.63) is 95.3 Å². The van der Waals surface area contributed by atoms with Gasteiger partial charge in [0.25, 0.3) is 5.91 Å². The molecule has 5 heteroatoms. The first kappa shape index (κ1) is 22.6. The topological polar surface area (TPSA) is 56.2 Å². The van der Waals surface area contributed by atoms with Crippen molar-refractivity contribution in [2.75, 3.05) is 13.2 Å². The van der Waals surface area contributed by atoms with E-state index in [1.807, 2.05) is 61.5 Å². The summed E-state index contributed by atoms with van der Waals surface area (Å²) >= 11 is 0. The van der Waals surface area contributed by atoms with Crippen molar-refractivity contribution < 1.29 is 9.53 Å². The molecule has 0 aliphatic carbocycles. The molecule has 5 nitrogen and oxygen atoms in total. The van der Waals surface area contributed by atoms with Crippen LogP contribution < -0.4 is 10.1 Å². The number of aromatic nitrogens is 2. The molecule has 0 bridgehead atoms. The molecule has 0 saturated carbocycles. The van der Waals surface area contributed by atoms with E-state index in [1.54, 1.807) is 0 Å². The molecule has 0 aliphatic rings. The Hall–Kier alpha value is -3.60. The molecule has 3 aromatic carbocycles. The molecule has 0 fully saturated rings. The van der Waals surface area contributed by atoms with Gasteiger partial charge in [-0.05, 0) is 54.8 Å². The number of amides is 1. The highest BCUT2D eigenvalue weighted by atomic mass is 16.5. The fourth-order valence-electron chi connectivity index (χ4n) is 3.95. The lowest BCUT2D eigenvalue weighted by atomic mass is 10.0. The number of aryl methyl sites for hydroxylation is 1. The van der Waals surface area contributed by atoms with Crippen LogP contribution in [0.5, 0.6) is 5.75 Å². The fraction of sp³-hybridized carbons (Fsp3) is 0.286. The number of imidazole rings is 1. The molecule has 1 heterocycles. The molecule has 0 spiro atoms. The number of para-hydroxylation sites is 2. The molecule has 33 heavy (non-hydrogen) atoms. The smallest absolute Gasteiger partial charge is 0.251 e. The third kappa shape index (κ3) is 5.61. The lowest BCUT2D eigenvalue weighted by molar-refractivity contribution is 0.0953. The van der Waals surface area contributed by atoms with Crippen LogP contribution in [-0.2, 0) is 13.0 Å². The highest BCUT2D eigenvalue weighted by Crippen LogP contribution is 2.20. The molecule has 1 amide bonds. The molecular formula is C28H31N3O2. The summed E-state index contributed by atoms with van der Waals surface area (Å²) in [5.41, 5.74) is 5.09. The summed E-state index contributed by atoms with van der Waals surface area (Å²) in [6, 6.07) is 24.0. The van der Waals surface area contributed by atoms with Gasteiger partial charge in [0, 0.05) is 18.5 Å². The number of benzene rings is 3. The summed E-state index contributed by atoms with van der Waals surface area (Å²) in [5.74, 6) is 2.26. The van der Waals surface area contributed by atoms with Gasteiger partial charge in [0.1, 0.15) is 18.2 Å². The molecule has 0 aliphatic heterocycles. The molecule has 4 rings (SSSR count). The number of hydrogen-bond acceptors (Lipinski definition) is 3. The second-order valence-electron chi connectivity index (χ2n) is 8.62. The molecule has 1 N–H and O–H groups in total. The maximum Gasteiger partial charge on any atom is 0.251 e. The minimum Gasteiger partial charge on any atom is -0.492 e. The van der Waals surface area contributed by atoms with Gasteiger partial charge in [-0.2, -0.15) is 0 Å². The maximum absolute atomic E-state index is 12.5. The summed E-state index contributed by atoms with van der Waals surface area (Å²) in [6.07, 6.45) is 0.648. The molecular weight excluding hydrogens is 410 g/mol. The number of carbonyl (C=O) groups excluding carboxylic acids is 1. The van der Waals surface area contributed by atoms with Gasteiger partial charge in [-0.15, -0.1) is 0 Å². The van der Waals surface area contributed by atoms with Gasteiger partial charge in [-0.3, -0.25) is 4.79 Å². The summed E-state index contributed by atoms with van der Waals surface area (Å²) in [6.45, 7) is 8.11. The zero-order valence-corrected chi connectivity index (χ0v) is 19.5. The van der Waals surface area contributed by atoms with Gasteiger partial charge in [0.15, 0.2) is 0 Å². The molecule has 4 aromatic rings. The van der Waals surface area contributed by atoms with Gasteiger partial charge in [0.05, 0.1) is 17.6 Å². The zero-order valence-electron chi connectivity index (χ0n) is 19.5. The summed E-state index contributed by atoms with van der Waals surface area (Å²) in [4.78, 5) is 17.3. The van der Waals surface area contributed by atoms with Crippen LogP contribution in [0.25, 0.3) is 11.0 Å². The third-order valence-electron chi connectivity index (χ3n) is 5.78. The third-order valence-corrected chi connectivity index (χ3v) is 5.78. The Kier molecular flexibility index (Phi) is 7.08. The average molecular weight is 442 g/mol. The SMILES string of the molecule is Cc1cccc(C(=O)NCCc2nc3ccccc3n2CCOc2ccc(C(C)C)cc2)c1. The molecule has 0 saturated heterocycles. The first-order valence-electron chi connectivity index (χ1n) is 11.5. The molecule has 1 aromatic heterocycles. The van der Waals surface area contributed by atoms with E-state index in [0.29, 0.717) is 37.6 Å². The normalized spacial score (nSPS) is 11.2. The van der Waals surface area contributed by atoms with Crippen molar-refractivity contribution >= 4 is 16.9 Å². The van der Waals surface area contributed by atoms with Crippen molar-refractivity contribution in [2.45, 2.75) is 39.7 Å². The lowest BCUT2D eigenvalue weighted by Crippen LogP contribution is -2.26. The van der Waals surface area contributed by atoms with Crippen molar-refractivity contribution in [3.8, 4) is 5.75 Å². The minimum atomic E-state index is -0.0606. The number of nitrogens with zero attached hydrogens (tertiary/aromatic N) is 2. The first-order chi connectivity index (χ1) is 16.0. The number of ether oxygens (including phenoxy) is 1. The van der Waals surface area contributed by atoms with Crippen LogP contribution in [0.2, 0.25) is 0 Å². The standard InChI is InChI=1S/C28H31N3O2/c1-20(2)22-11-13-24(14-12-22)33-18-17-31-26-10-5-4-9-25(26)30-27(31)15-16-29-28(32)23-8-6-7-21(3)19-23/h4-14,19-20H,15-18H2,1-3H3,(H,29,32). The van der Waals surface area contributed by atoms with Gasteiger partial charge < -0.3 is 14.6 Å². The zero-order chi connectivity index (χ0) is 23.2. The van der Waals surface area contributed by atoms with Gasteiger partial charge in [-0.1, -0.05) is 55.8 Å². The van der Waals surface area contributed by atoms with E-state index in [0.717, 1.165) is 28.2 Å². The largest absolute Gasteiger partial charge is 0.492 e. The van der Waals surface area contributed by atoms with Gasteiger partial charge in [-0.25, -0.2) is 4.98 Å². The number of nitrogens with one attached hydrogen (secondary N) is 1. The second kappa shape index (κ2) is 10.3. The van der Waals surface area contributed by atoms with E-state index >= 15 is 0 Å². The highest BCUT2D eigenvalue weighted by Gasteiger charge is 2.12. The van der Waals surface area contributed by atoms with Gasteiger partial charge >= 0.3 is 0 Å². The van der Waals surface area contributed by atoms with Crippen molar-refractivity contribution in [1.82, 2.24) is 14.9 Å². The first-order valence-corrected chi connectivity index (χ1v) is 11.5. The van der Waals surface area contributed by atoms with Crippen LogP contribution in [0, 0.1) is 6.92 Å². The number of carbonyl (C=O) groups is 1. The Labute approximate surface area is 195 Å². The van der Waals surface area contributed by atoms with Crippen molar-refractivity contribution in [2.24, 2.45) is 0 Å². The number of fused-ring (bicyclic) bond motifs is 1. The summed E-state index contributed by atoms with van der Waals surface area (Å²) in [7, 11) is 0. The lowest BCUT2D eigenvalue weighted by Gasteiger charge is -2.12. The Morgan fingerprint density at radius 1 is 1.03 bits per heavy atom. The van der Waals surface area contributed by atoms with Crippen LogP contribution >= 0.6 is 0 Å². The molecule has 0 unspecified atom stereocenters. The highest BCUT2D eigenvalue weighted by molar-refractivity contribution is 5.94. The van der Waals surface area contributed by atoms with Crippen LogP contribution in [0.1, 0.15) is 47.1 Å². The quantitative estimate of drug-likeness (QED) is 0.372. The second-order valence-corrected chi connectivity index (χ2v) is 8.62. The van der Waals surface area contributed by atoms with E-state index in [9.17, 15) is 4.79 Å². The van der Waals surface area contributed by atoms with Crippen molar-refractivity contribution in [1.29, 1.82) is 0 Å². The number of hydrogen-bond donors (Lipinski definition) is 1. The summed E-state index contributed by atoms with van der Waals surface area (Å²) < 4.78 is 8.20. The van der Waals surface area contributed by atoms with Gasteiger partial charge in [0.2, 0.25) is 0 Å². The van der Waals surface area contributed by atoms with Crippen LogP contribution in [0.15, 0.2) is 72.8 Å². The minimum absolute atomic E-state index is 0.0606. The molecule has 170 valence electrons. The van der Waals surface area contributed by atoms with E-state index < -0.39 is 0 Å². The Bertz CT molecular complexity index is 1230. The molecule has 0 radical (unpaired) electrons. The Balaban J connectivity index is 1.40. The fourth-order valence-corrected chi connectivity index (χ4v) is 3.95. The van der Waals surface area contributed by atoms with E-state index in [4.69, 9.17) is 9.72 Å². The maximum atomic E-state index is 12.5. The van der Waals surface area contributed by atoms with E-state index in [1.165, 1.54) is 5.56 Å². The average Bonchev–Trinajstić information content (AvgIpc) is 3.17. The van der Waals surface area contributed by atoms with Crippen molar-refractivity contribution in [3.63, 3.8) is 0 Å². The van der Waals surface area contributed by atoms with Crippen LogP contribution in [-0.4, -0.2) is 28.6 Å². The van der Waals surface area contributed by atoms with Crippen LogP contribution in [0.4, 0.5) is 0 Å². The molecule has 0 atom stereocenters. The number of rotatable bonds is 9. The predicted octanol–water partition coefficient (Wildman–Crippen LogP) is 5.52. The van der Waals surface area contributed by atoms with Crippen LogP contribution in [0.3, 0.4) is 0 Å². The Morgan fingerprint density at radius 3 is 2.58 bits per heavy atom. The Morgan fingerprint density at radius 2 is 1.82 bits per heavy atom. The van der Waals surface area contributed by atoms with E-state index in [-0.39, 0.29) is 5.91 Å².